The van der Waals surface area contributed by atoms with Crippen molar-refractivity contribution in [2.75, 3.05) is 26.1 Å². The summed E-state index contributed by atoms with van der Waals surface area (Å²) in [6.07, 6.45) is 0. The summed E-state index contributed by atoms with van der Waals surface area (Å²) in [4.78, 5) is 35.7. The lowest BCUT2D eigenvalue weighted by Crippen LogP contribution is -2.22. The predicted octanol–water partition coefficient (Wildman–Crippen LogP) is 2.88. The maximum atomic E-state index is 12.2. The van der Waals surface area contributed by atoms with Gasteiger partial charge in [-0.05, 0) is 65.1 Å². The minimum Gasteiger partial charge on any atom is -0.484 e. The van der Waals surface area contributed by atoms with Crippen molar-refractivity contribution in [3.05, 3.63) is 57.2 Å². The van der Waals surface area contributed by atoms with E-state index in [1.165, 1.54) is 32.4 Å². The molecule has 8 heteroatoms. The first-order valence-corrected chi connectivity index (χ1v) is 8.51. The number of esters is 2. The number of ether oxygens (including phenoxy) is 3. The van der Waals surface area contributed by atoms with Gasteiger partial charge >= 0.3 is 11.9 Å². The highest BCUT2D eigenvalue weighted by atomic mass is 127. The molecule has 0 bridgehead atoms. The number of hydrogen-bond acceptors (Lipinski definition) is 6. The summed E-state index contributed by atoms with van der Waals surface area (Å²) in [5.74, 6) is -1.19. The largest absolute Gasteiger partial charge is 0.484 e. The standard InChI is InChI=1S/C18H16INO6/c1-24-17(22)11-3-8-14(18(23)25-2)15(9-11)20-16(21)10-26-13-6-4-12(19)5-7-13/h3-9H,10H2,1-2H3,(H,20,21). The third-order valence-corrected chi connectivity index (χ3v) is 4.02. The van der Waals surface area contributed by atoms with E-state index in [-0.39, 0.29) is 23.4 Å². The molecular formula is C18H16INO6. The molecule has 0 aliphatic carbocycles. The summed E-state index contributed by atoms with van der Waals surface area (Å²) >= 11 is 2.16. The molecule has 0 unspecified atom stereocenters. The molecule has 0 heterocycles. The van der Waals surface area contributed by atoms with Gasteiger partial charge in [-0.2, -0.15) is 0 Å². The van der Waals surface area contributed by atoms with E-state index in [4.69, 9.17) is 4.74 Å². The van der Waals surface area contributed by atoms with Gasteiger partial charge in [0.2, 0.25) is 0 Å². The van der Waals surface area contributed by atoms with E-state index in [0.717, 1.165) is 3.57 Å². The maximum Gasteiger partial charge on any atom is 0.339 e. The first-order chi connectivity index (χ1) is 12.4. The molecule has 0 spiro atoms. The van der Waals surface area contributed by atoms with E-state index in [1.54, 1.807) is 12.1 Å². The third-order valence-electron chi connectivity index (χ3n) is 3.30. The Labute approximate surface area is 163 Å². The zero-order valence-electron chi connectivity index (χ0n) is 14.1. The van der Waals surface area contributed by atoms with Crippen LogP contribution in [0.4, 0.5) is 5.69 Å². The Morgan fingerprint density at radius 2 is 1.62 bits per heavy atom. The number of benzene rings is 2. The Morgan fingerprint density at radius 1 is 0.962 bits per heavy atom. The van der Waals surface area contributed by atoms with Crippen LogP contribution < -0.4 is 10.1 Å². The van der Waals surface area contributed by atoms with Gasteiger partial charge in [-0.15, -0.1) is 0 Å². The Bertz CT molecular complexity index is 819. The number of halogens is 1. The second-order valence-electron chi connectivity index (χ2n) is 5.03. The fraction of sp³-hybridized carbons (Fsp3) is 0.167. The van der Waals surface area contributed by atoms with Crippen LogP contribution in [0.5, 0.6) is 5.75 Å². The van der Waals surface area contributed by atoms with Crippen molar-refractivity contribution in [1.82, 2.24) is 0 Å². The molecule has 1 N–H and O–H groups in total. The molecule has 26 heavy (non-hydrogen) atoms. The molecule has 0 saturated carbocycles. The number of carbonyl (C=O) groups is 3. The van der Waals surface area contributed by atoms with Crippen LogP contribution in [0.25, 0.3) is 0 Å². The van der Waals surface area contributed by atoms with E-state index in [9.17, 15) is 14.4 Å². The Balaban J connectivity index is 2.14. The van der Waals surface area contributed by atoms with Crippen molar-refractivity contribution >= 4 is 46.1 Å². The minimum absolute atomic E-state index is 0.114. The summed E-state index contributed by atoms with van der Waals surface area (Å²) < 4.78 is 15.8. The maximum absolute atomic E-state index is 12.2. The fourth-order valence-corrected chi connectivity index (χ4v) is 2.41. The van der Waals surface area contributed by atoms with Crippen LogP contribution in [0.2, 0.25) is 0 Å². The quantitative estimate of drug-likeness (QED) is 0.517. The number of amides is 1. The molecule has 0 aromatic heterocycles. The summed E-state index contributed by atoms with van der Waals surface area (Å²) in [5.41, 5.74) is 0.438. The summed E-state index contributed by atoms with van der Waals surface area (Å²) in [6.45, 7) is -0.260. The van der Waals surface area contributed by atoms with Crippen molar-refractivity contribution in [2.45, 2.75) is 0 Å². The van der Waals surface area contributed by atoms with Crippen LogP contribution in [0.3, 0.4) is 0 Å². The van der Waals surface area contributed by atoms with Gasteiger partial charge in [0, 0.05) is 3.57 Å². The van der Waals surface area contributed by atoms with Gasteiger partial charge in [-0.25, -0.2) is 9.59 Å². The lowest BCUT2D eigenvalue weighted by atomic mass is 10.1. The second-order valence-corrected chi connectivity index (χ2v) is 6.28. The molecule has 0 saturated heterocycles. The third kappa shape index (κ3) is 5.19. The number of anilines is 1. The molecular weight excluding hydrogens is 453 g/mol. The van der Waals surface area contributed by atoms with Crippen LogP contribution in [0.1, 0.15) is 20.7 Å². The van der Waals surface area contributed by atoms with Crippen LogP contribution in [0, 0.1) is 3.57 Å². The molecule has 2 aromatic rings. The highest BCUT2D eigenvalue weighted by Gasteiger charge is 2.17. The zero-order chi connectivity index (χ0) is 19.1. The normalized spacial score (nSPS) is 9.96. The van der Waals surface area contributed by atoms with Crippen molar-refractivity contribution in [1.29, 1.82) is 0 Å². The van der Waals surface area contributed by atoms with Gasteiger partial charge < -0.3 is 19.5 Å². The number of rotatable bonds is 6. The average Bonchev–Trinajstić information content (AvgIpc) is 2.66. The topological polar surface area (TPSA) is 90.9 Å². The Hall–Kier alpha value is -2.62. The lowest BCUT2D eigenvalue weighted by molar-refractivity contribution is -0.118. The van der Waals surface area contributed by atoms with Gasteiger partial charge in [-0.1, -0.05) is 0 Å². The summed E-state index contributed by atoms with van der Waals surface area (Å²) in [5, 5.41) is 2.55. The number of carbonyl (C=O) groups excluding carboxylic acids is 3. The lowest BCUT2D eigenvalue weighted by Gasteiger charge is -2.12. The first-order valence-electron chi connectivity index (χ1n) is 7.43. The van der Waals surface area contributed by atoms with Gasteiger partial charge in [0.25, 0.3) is 5.91 Å². The number of nitrogens with one attached hydrogen (secondary N) is 1. The predicted molar refractivity (Wildman–Crippen MR) is 102 cm³/mol. The van der Waals surface area contributed by atoms with E-state index in [1.807, 2.05) is 12.1 Å². The summed E-state index contributed by atoms with van der Waals surface area (Å²) in [6, 6.07) is 11.3. The van der Waals surface area contributed by atoms with E-state index >= 15 is 0 Å². The second kappa shape index (κ2) is 9.18. The van der Waals surface area contributed by atoms with E-state index in [2.05, 4.69) is 37.4 Å². The molecule has 7 nitrogen and oxygen atoms in total. The molecule has 1 amide bonds. The molecule has 0 atom stereocenters. The van der Waals surface area contributed by atoms with Crippen molar-refractivity contribution < 1.29 is 28.6 Å². The Kier molecular flexibility index (Phi) is 6.96. The van der Waals surface area contributed by atoms with Crippen LogP contribution in [-0.4, -0.2) is 38.7 Å². The van der Waals surface area contributed by atoms with E-state index < -0.39 is 17.8 Å². The van der Waals surface area contributed by atoms with Gasteiger partial charge in [-0.3, -0.25) is 4.79 Å². The molecule has 136 valence electrons. The highest BCUT2D eigenvalue weighted by Crippen LogP contribution is 2.20. The SMILES string of the molecule is COC(=O)c1ccc(C(=O)OC)c(NC(=O)COc2ccc(I)cc2)c1. The monoisotopic (exact) mass is 469 g/mol. The molecule has 0 aliphatic heterocycles. The smallest absolute Gasteiger partial charge is 0.339 e. The van der Waals surface area contributed by atoms with Crippen molar-refractivity contribution in [3.63, 3.8) is 0 Å². The van der Waals surface area contributed by atoms with Crippen LogP contribution in [-0.2, 0) is 14.3 Å². The highest BCUT2D eigenvalue weighted by molar-refractivity contribution is 14.1. The number of methoxy groups -OCH3 is 2. The average molecular weight is 469 g/mol. The van der Waals surface area contributed by atoms with Crippen molar-refractivity contribution in [2.24, 2.45) is 0 Å². The van der Waals surface area contributed by atoms with Crippen LogP contribution >= 0.6 is 22.6 Å². The molecule has 0 fully saturated rings. The van der Waals surface area contributed by atoms with Crippen LogP contribution in [0.15, 0.2) is 42.5 Å². The van der Waals surface area contributed by atoms with Crippen molar-refractivity contribution in [3.8, 4) is 5.75 Å². The molecule has 2 rings (SSSR count). The van der Waals surface area contributed by atoms with E-state index in [0.29, 0.717) is 5.75 Å². The molecule has 0 radical (unpaired) electrons. The molecule has 2 aromatic carbocycles. The Morgan fingerprint density at radius 3 is 2.23 bits per heavy atom. The number of hydrogen-bond donors (Lipinski definition) is 1. The summed E-state index contributed by atoms with van der Waals surface area (Å²) in [7, 11) is 2.46. The van der Waals surface area contributed by atoms with Gasteiger partial charge in [0.05, 0.1) is 31.0 Å². The van der Waals surface area contributed by atoms with Gasteiger partial charge in [0.15, 0.2) is 6.61 Å². The first kappa shape index (κ1) is 19.7. The zero-order valence-corrected chi connectivity index (χ0v) is 16.2. The minimum atomic E-state index is -0.643. The fourth-order valence-electron chi connectivity index (χ4n) is 2.05. The molecule has 0 aliphatic rings. The van der Waals surface area contributed by atoms with Gasteiger partial charge in [0.1, 0.15) is 5.75 Å².